The lowest BCUT2D eigenvalue weighted by Crippen LogP contribution is -1.67. The molecule has 0 amide bonds. The number of aryl methyl sites for hydroxylation is 1. The summed E-state index contributed by atoms with van der Waals surface area (Å²) in [7, 11) is 0. The van der Waals surface area contributed by atoms with Gasteiger partial charge in [0, 0.05) is 4.47 Å². The van der Waals surface area contributed by atoms with Crippen molar-refractivity contribution in [1.29, 1.82) is 0 Å². The van der Waals surface area contributed by atoms with Crippen LogP contribution in [-0.4, -0.2) is 0 Å². The van der Waals surface area contributed by atoms with Gasteiger partial charge in [-0.3, -0.25) is 0 Å². The molecule has 0 aliphatic heterocycles. The molecule has 0 aliphatic carbocycles. The van der Waals surface area contributed by atoms with Crippen molar-refractivity contribution >= 4 is 15.9 Å². The van der Waals surface area contributed by atoms with Crippen LogP contribution in [0.4, 0.5) is 0 Å². The Balaban J connectivity index is 0.000000261. The summed E-state index contributed by atoms with van der Waals surface area (Å²) in [5.41, 5.74) is 1.29. The number of rotatable bonds is 1. The Morgan fingerprint density at radius 2 is 2.08 bits per heavy atom. The molecular weight excluding hydrogens is 212 g/mol. The van der Waals surface area contributed by atoms with Crippen LogP contribution in [0, 0.1) is 6.92 Å². The van der Waals surface area contributed by atoms with Gasteiger partial charge in [-0.25, -0.2) is 0 Å². The fourth-order valence-corrected chi connectivity index (χ4v) is 1.12. The molecule has 0 atom stereocenters. The first-order valence-electron chi connectivity index (χ1n) is 4.03. The Morgan fingerprint density at radius 3 is 2.33 bits per heavy atom. The molecule has 1 rings (SSSR count). The SMILES string of the molecule is C=CCC.Cc1cccc(Br)c1. The highest BCUT2D eigenvalue weighted by Gasteiger charge is 1.82. The van der Waals surface area contributed by atoms with Crippen molar-refractivity contribution in [3.63, 3.8) is 0 Å². The quantitative estimate of drug-likeness (QED) is 0.626. The molecule has 1 heteroatoms. The number of allylic oxidation sites excluding steroid dienone is 1. The van der Waals surface area contributed by atoms with E-state index in [1.54, 1.807) is 0 Å². The zero-order valence-electron chi connectivity index (χ0n) is 7.68. The van der Waals surface area contributed by atoms with Crippen LogP contribution in [-0.2, 0) is 0 Å². The molecule has 0 nitrogen and oxygen atoms in total. The van der Waals surface area contributed by atoms with Gasteiger partial charge < -0.3 is 0 Å². The maximum Gasteiger partial charge on any atom is 0.0177 e. The van der Waals surface area contributed by atoms with Gasteiger partial charge in [-0.15, -0.1) is 6.58 Å². The first kappa shape index (κ1) is 11.4. The normalized spacial score (nSPS) is 8.25. The Labute approximate surface area is 83.4 Å². The third kappa shape index (κ3) is 6.17. The highest BCUT2D eigenvalue weighted by atomic mass is 79.9. The van der Waals surface area contributed by atoms with E-state index < -0.39 is 0 Å². The van der Waals surface area contributed by atoms with Gasteiger partial charge >= 0.3 is 0 Å². The van der Waals surface area contributed by atoms with Crippen LogP contribution < -0.4 is 0 Å². The zero-order chi connectivity index (χ0) is 9.40. The summed E-state index contributed by atoms with van der Waals surface area (Å²) in [4.78, 5) is 0. The smallest absolute Gasteiger partial charge is 0.0177 e. The largest absolute Gasteiger partial charge is 0.103 e. The van der Waals surface area contributed by atoms with E-state index in [1.165, 1.54) is 5.56 Å². The number of hydrogen-bond acceptors (Lipinski definition) is 0. The van der Waals surface area contributed by atoms with Crippen molar-refractivity contribution in [3.8, 4) is 0 Å². The molecule has 0 saturated carbocycles. The number of hydrogen-bond donors (Lipinski definition) is 0. The Bertz CT molecular complexity index is 211. The Hall–Kier alpha value is -0.560. The summed E-state index contributed by atoms with van der Waals surface area (Å²) >= 11 is 3.36. The summed E-state index contributed by atoms with van der Waals surface area (Å²) < 4.78 is 1.15. The lowest BCUT2D eigenvalue weighted by atomic mass is 10.2. The van der Waals surface area contributed by atoms with Gasteiger partial charge in [0.25, 0.3) is 0 Å². The van der Waals surface area contributed by atoms with Gasteiger partial charge in [-0.05, 0) is 25.5 Å². The number of benzene rings is 1. The maximum absolute atomic E-state index is 3.48. The Morgan fingerprint density at radius 1 is 1.50 bits per heavy atom. The molecule has 0 N–H and O–H groups in total. The van der Waals surface area contributed by atoms with E-state index in [4.69, 9.17) is 0 Å². The van der Waals surface area contributed by atoms with Crippen molar-refractivity contribution < 1.29 is 0 Å². The average Bonchev–Trinajstić information content (AvgIpc) is 2.04. The molecule has 0 saturated heterocycles. The minimum Gasteiger partial charge on any atom is -0.103 e. The van der Waals surface area contributed by atoms with Crippen LogP contribution in [0.1, 0.15) is 18.9 Å². The van der Waals surface area contributed by atoms with Crippen molar-refractivity contribution in [1.82, 2.24) is 0 Å². The molecule has 0 aromatic heterocycles. The topological polar surface area (TPSA) is 0 Å². The highest BCUT2D eigenvalue weighted by molar-refractivity contribution is 9.10. The summed E-state index contributed by atoms with van der Waals surface area (Å²) in [6, 6.07) is 8.21. The predicted octanol–water partition coefficient (Wildman–Crippen LogP) is 4.34. The summed E-state index contributed by atoms with van der Waals surface area (Å²) in [6.07, 6.45) is 2.96. The van der Waals surface area contributed by atoms with Crippen LogP contribution in [0.15, 0.2) is 41.4 Å². The van der Waals surface area contributed by atoms with Crippen LogP contribution >= 0.6 is 15.9 Å². The maximum atomic E-state index is 3.48. The van der Waals surface area contributed by atoms with E-state index in [0.717, 1.165) is 10.9 Å². The molecule has 1 aromatic rings. The van der Waals surface area contributed by atoms with Crippen LogP contribution in [0.25, 0.3) is 0 Å². The molecule has 0 unspecified atom stereocenters. The van der Waals surface area contributed by atoms with Crippen molar-refractivity contribution in [2.45, 2.75) is 20.3 Å². The van der Waals surface area contributed by atoms with Crippen molar-refractivity contribution in [2.24, 2.45) is 0 Å². The first-order valence-corrected chi connectivity index (χ1v) is 4.83. The number of halogens is 1. The van der Waals surface area contributed by atoms with Gasteiger partial charge in [0.1, 0.15) is 0 Å². The molecule has 0 fully saturated rings. The molecular formula is C11H15Br. The molecule has 0 spiro atoms. The fourth-order valence-electron chi connectivity index (χ4n) is 0.606. The van der Waals surface area contributed by atoms with Gasteiger partial charge in [0.15, 0.2) is 0 Å². The van der Waals surface area contributed by atoms with E-state index in [9.17, 15) is 0 Å². The second kappa shape index (κ2) is 7.11. The summed E-state index contributed by atoms with van der Waals surface area (Å²) in [5.74, 6) is 0. The van der Waals surface area contributed by atoms with E-state index in [0.29, 0.717) is 0 Å². The summed E-state index contributed by atoms with van der Waals surface area (Å²) in [6.45, 7) is 7.62. The van der Waals surface area contributed by atoms with E-state index in [-0.39, 0.29) is 0 Å². The second-order valence-corrected chi connectivity index (χ2v) is 3.41. The van der Waals surface area contributed by atoms with Crippen LogP contribution in [0.2, 0.25) is 0 Å². The molecule has 0 heterocycles. The zero-order valence-corrected chi connectivity index (χ0v) is 9.26. The van der Waals surface area contributed by atoms with Gasteiger partial charge in [-0.2, -0.15) is 0 Å². The molecule has 12 heavy (non-hydrogen) atoms. The lowest BCUT2D eigenvalue weighted by Gasteiger charge is -1.89. The monoisotopic (exact) mass is 226 g/mol. The fraction of sp³-hybridized carbons (Fsp3) is 0.273. The highest BCUT2D eigenvalue weighted by Crippen LogP contribution is 2.09. The first-order chi connectivity index (χ1) is 5.70. The van der Waals surface area contributed by atoms with Crippen molar-refractivity contribution in [2.75, 3.05) is 0 Å². The average molecular weight is 227 g/mol. The minimum absolute atomic E-state index is 1.08. The third-order valence-corrected chi connectivity index (χ3v) is 1.76. The predicted molar refractivity (Wildman–Crippen MR) is 59.4 cm³/mol. The third-order valence-electron chi connectivity index (χ3n) is 1.27. The van der Waals surface area contributed by atoms with Crippen LogP contribution in [0.3, 0.4) is 0 Å². The van der Waals surface area contributed by atoms with Gasteiger partial charge in [0.2, 0.25) is 0 Å². The molecule has 0 bridgehead atoms. The Kier molecular flexibility index (Phi) is 6.78. The van der Waals surface area contributed by atoms with Crippen LogP contribution in [0.5, 0.6) is 0 Å². The van der Waals surface area contributed by atoms with Gasteiger partial charge in [0.05, 0.1) is 0 Å². The minimum atomic E-state index is 1.08. The molecule has 0 radical (unpaired) electrons. The molecule has 1 aromatic carbocycles. The van der Waals surface area contributed by atoms with E-state index in [1.807, 2.05) is 18.2 Å². The van der Waals surface area contributed by atoms with Crippen molar-refractivity contribution in [3.05, 3.63) is 47.0 Å². The standard InChI is InChI=1S/C7H7Br.C4H8/c1-6-3-2-4-7(8)5-6;1-3-4-2/h2-5H,1H3;3H,1,4H2,2H3. The molecule has 66 valence electrons. The molecule has 0 aliphatic rings. The second-order valence-electron chi connectivity index (χ2n) is 2.50. The van der Waals surface area contributed by atoms with E-state index >= 15 is 0 Å². The summed E-state index contributed by atoms with van der Waals surface area (Å²) in [5, 5.41) is 0. The van der Waals surface area contributed by atoms with E-state index in [2.05, 4.69) is 48.5 Å². The van der Waals surface area contributed by atoms with Gasteiger partial charge in [-0.1, -0.05) is 46.6 Å². The lowest BCUT2D eigenvalue weighted by molar-refractivity contribution is 1.23.